The molecule has 0 amide bonds. The van der Waals surface area contributed by atoms with Crippen molar-refractivity contribution < 1.29 is 4.79 Å². The standard InChI is InChI=1S/C83H126N2O/c1-5-9-13-17-21-25-29-33-37-41-67-84(68-42-38-34-30-26-22-18-14-10-6-2)81-63-57-75(58-64-81)47-45-73-49-53-77(54-50-73)71-79-61-62-80(83(79)86)72-78-55-51-74(52-56-78)46-48-76-59-65-82(66-60-76)85(69-43-39-35-31-27-23-19-15-11-7-3)70-44-40-36-32-28-24-20-16-12-8-4/h45-60,63-66,71-72H,5-44,61-62,67-70H2,1-4H3/b47-45+,48-46+,79-71+,80-72+. The highest BCUT2D eigenvalue weighted by Gasteiger charge is 2.23. The second-order valence-electron chi connectivity index (χ2n) is 26.1. The molecule has 0 unspecified atom stereocenters. The third-order valence-electron chi connectivity index (χ3n) is 18.4. The van der Waals surface area contributed by atoms with Gasteiger partial charge in [-0.25, -0.2) is 0 Å². The lowest BCUT2D eigenvalue weighted by atomic mass is 10.0. The van der Waals surface area contributed by atoms with Crippen molar-refractivity contribution in [2.75, 3.05) is 36.0 Å². The van der Waals surface area contributed by atoms with Crippen molar-refractivity contribution in [2.45, 2.75) is 297 Å². The van der Waals surface area contributed by atoms with Gasteiger partial charge < -0.3 is 9.80 Å². The molecular formula is C83H126N2O. The minimum Gasteiger partial charge on any atom is -0.372 e. The third kappa shape index (κ3) is 32.4. The SMILES string of the molecule is CCCCCCCCCCCCN(CCCCCCCCCCCC)c1ccc(/C=C/c2ccc(/C=C3\CC/C(=C\c4ccc(/C=C/c5ccc(N(CCCCCCCCCCCC)CCCCCCCCCCCC)cc5)cc4)C3=O)cc2)cc1. The zero-order chi connectivity index (χ0) is 60.6. The van der Waals surface area contributed by atoms with Crippen LogP contribution in [0.15, 0.2) is 108 Å². The molecule has 0 spiro atoms. The Bertz CT molecular complexity index is 2180. The maximum Gasteiger partial charge on any atom is 0.185 e. The summed E-state index contributed by atoms with van der Waals surface area (Å²) in [5.74, 6) is 0.181. The Labute approximate surface area is 530 Å². The van der Waals surface area contributed by atoms with Gasteiger partial charge in [-0.3, -0.25) is 4.79 Å². The molecule has 0 N–H and O–H groups in total. The molecule has 3 heteroatoms. The Balaban J connectivity index is 1.07. The highest BCUT2D eigenvalue weighted by molar-refractivity contribution is 6.15. The summed E-state index contributed by atoms with van der Waals surface area (Å²) in [4.78, 5) is 19.0. The molecule has 0 atom stereocenters. The predicted octanol–water partition coefficient (Wildman–Crippen LogP) is 26.2. The van der Waals surface area contributed by atoms with Crippen LogP contribution in [-0.4, -0.2) is 32.0 Å². The molecular weight excluding hydrogens is 1040 g/mol. The van der Waals surface area contributed by atoms with Gasteiger partial charge in [-0.05, 0) is 108 Å². The highest BCUT2D eigenvalue weighted by Crippen LogP contribution is 2.31. The first-order chi connectivity index (χ1) is 42.5. The number of ketones is 1. The fourth-order valence-corrected chi connectivity index (χ4v) is 12.7. The zero-order valence-corrected chi connectivity index (χ0v) is 56.0. The van der Waals surface area contributed by atoms with Crippen LogP contribution in [0.25, 0.3) is 36.5 Å². The summed E-state index contributed by atoms with van der Waals surface area (Å²) < 4.78 is 0. The Morgan fingerprint density at radius 3 is 0.663 bits per heavy atom. The molecule has 0 bridgehead atoms. The van der Waals surface area contributed by atoms with E-state index in [1.54, 1.807) is 0 Å². The lowest BCUT2D eigenvalue weighted by Crippen LogP contribution is -2.25. The van der Waals surface area contributed by atoms with E-state index in [9.17, 15) is 4.79 Å². The molecule has 0 aliphatic heterocycles. The smallest absolute Gasteiger partial charge is 0.185 e. The molecule has 1 saturated carbocycles. The van der Waals surface area contributed by atoms with Crippen LogP contribution in [0, 0.1) is 0 Å². The molecule has 1 fully saturated rings. The van der Waals surface area contributed by atoms with E-state index in [1.165, 1.54) is 290 Å². The molecule has 5 rings (SSSR count). The Morgan fingerprint density at radius 2 is 0.442 bits per heavy atom. The second-order valence-corrected chi connectivity index (χ2v) is 26.1. The maximum absolute atomic E-state index is 13.7. The Hall–Kier alpha value is -4.89. The largest absolute Gasteiger partial charge is 0.372 e. The van der Waals surface area contributed by atoms with Gasteiger partial charge >= 0.3 is 0 Å². The number of Topliss-reactive ketones (excluding diaryl/α,β-unsaturated/α-hetero) is 1. The summed E-state index contributed by atoms with van der Waals surface area (Å²) in [7, 11) is 0. The molecule has 0 radical (unpaired) electrons. The minimum atomic E-state index is 0.181. The number of nitrogens with zero attached hydrogens (tertiary/aromatic N) is 2. The van der Waals surface area contributed by atoms with Crippen LogP contribution in [0.3, 0.4) is 0 Å². The predicted molar refractivity (Wildman–Crippen MR) is 386 cm³/mol. The Morgan fingerprint density at radius 1 is 0.256 bits per heavy atom. The van der Waals surface area contributed by atoms with Crippen LogP contribution in [0.1, 0.15) is 331 Å². The van der Waals surface area contributed by atoms with Gasteiger partial charge in [0.05, 0.1) is 0 Å². The molecule has 1 aliphatic rings. The monoisotopic (exact) mass is 1170 g/mol. The highest BCUT2D eigenvalue weighted by atomic mass is 16.1. The van der Waals surface area contributed by atoms with Crippen molar-refractivity contribution in [1.29, 1.82) is 0 Å². The lowest BCUT2D eigenvalue weighted by molar-refractivity contribution is -0.111. The number of hydrogen-bond donors (Lipinski definition) is 0. The van der Waals surface area contributed by atoms with E-state index in [4.69, 9.17) is 0 Å². The summed E-state index contributed by atoms with van der Waals surface area (Å²) in [6.45, 7) is 13.9. The second kappa shape index (κ2) is 48.1. The van der Waals surface area contributed by atoms with Crippen molar-refractivity contribution in [3.05, 3.63) is 142 Å². The van der Waals surface area contributed by atoms with E-state index in [0.717, 1.165) is 61.3 Å². The number of allylic oxidation sites excluding steroid dienone is 2. The van der Waals surface area contributed by atoms with Gasteiger partial charge in [0.15, 0.2) is 5.78 Å². The van der Waals surface area contributed by atoms with Crippen molar-refractivity contribution in [3.63, 3.8) is 0 Å². The topological polar surface area (TPSA) is 23.6 Å². The molecule has 0 heterocycles. The fraction of sp³-hybridized carbons (Fsp3) is 0.602. The number of rotatable bonds is 52. The van der Waals surface area contributed by atoms with E-state index in [1.807, 2.05) is 0 Å². The van der Waals surface area contributed by atoms with Gasteiger partial charge in [-0.2, -0.15) is 0 Å². The summed E-state index contributed by atoms with van der Waals surface area (Å²) in [6.07, 6.45) is 69.9. The summed E-state index contributed by atoms with van der Waals surface area (Å²) in [5.41, 5.74) is 11.5. The average Bonchev–Trinajstić information content (AvgIpc) is 4.13. The number of carbonyl (C=O) groups excluding carboxylic acids is 1. The zero-order valence-electron chi connectivity index (χ0n) is 56.0. The van der Waals surface area contributed by atoms with Gasteiger partial charge in [0.2, 0.25) is 0 Å². The first-order valence-corrected chi connectivity index (χ1v) is 36.7. The van der Waals surface area contributed by atoms with Crippen molar-refractivity contribution >= 4 is 53.6 Å². The van der Waals surface area contributed by atoms with Crippen LogP contribution in [0.5, 0.6) is 0 Å². The summed E-state index contributed by atoms with van der Waals surface area (Å²) in [5, 5.41) is 0. The van der Waals surface area contributed by atoms with Gasteiger partial charge in [-0.1, -0.05) is 356 Å². The maximum atomic E-state index is 13.7. The van der Waals surface area contributed by atoms with Crippen molar-refractivity contribution in [1.82, 2.24) is 0 Å². The number of anilines is 2. The lowest BCUT2D eigenvalue weighted by Gasteiger charge is -2.25. The fourth-order valence-electron chi connectivity index (χ4n) is 12.7. The van der Waals surface area contributed by atoms with Crippen LogP contribution < -0.4 is 9.80 Å². The third-order valence-corrected chi connectivity index (χ3v) is 18.4. The van der Waals surface area contributed by atoms with Gasteiger partial charge in [0.25, 0.3) is 0 Å². The quantitative estimate of drug-likeness (QED) is 0.0250. The first kappa shape index (κ1) is 71.9. The molecule has 86 heavy (non-hydrogen) atoms. The van der Waals surface area contributed by atoms with E-state index in [-0.39, 0.29) is 5.78 Å². The van der Waals surface area contributed by atoms with Gasteiger partial charge in [-0.15, -0.1) is 0 Å². The summed E-state index contributed by atoms with van der Waals surface area (Å²) >= 11 is 0. The average molecular weight is 1170 g/mol. The molecule has 0 saturated heterocycles. The summed E-state index contributed by atoms with van der Waals surface area (Å²) in [6, 6.07) is 35.9. The molecule has 4 aromatic carbocycles. The van der Waals surface area contributed by atoms with Crippen LogP contribution in [0.2, 0.25) is 0 Å². The molecule has 0 aromatic heterocycles. The molecule has 3 nitrogen and oxygen atoms in total. The molecule has 474 valence electrons. The number of carbonyl (C=O) groups is 1. The van der Waals surface area contributed by atoms with Gasteiger partial charge in [0, 0.05) is 48.7 Å². The normalized spacial score (nSPS) is 13.7. The Kier molecular flexibility index (Phi) is 40.2. The van der Waals surface area contributed by atoms with Crippen LogP contribution in [-0.2, 0) is 4.79 Å². The first-order valence-electron chi connectivity index (χ1n) is 36.7. The molecule has 4 aromatic rings. The van der Waals surface area contributed by atoms with Crippen LogP contribution in [0.4, 0.5) is 11.4 Å². The van der Waals surface area contributed by atoms with E-state index in [2.05, 4.69) is 171 Å². The van der Waals surface area contributed by atoms with Crippen LogP contribution >= 0.6 is 0 Å². The van der Waals surface area contributed by atoms with Crippen molar-refractivity contribution in [2.24, 2.45) is 0 Å². The van der Waals surface area contributed by atoms with E-state index < -0.39 is 0 Å². The van der Waals surface area contributed by atoms with Gasteiger partial charge in [0.1, 0.15) is 0 Å². The van der Waals surface area contributed by atoms with Crippen molar-refractivity contribution in [3.8, 4) is 0 Å². The molecule has 1 aliphatic carbocycles. The van der Waals surface area contributed by atoms with E-state index >= 15 is 0 Å². The van der Waals surface area contributed by atoms with E-state index in [0.29, 0.717) is 0 Å². The number of benzene rings is 4. The number of hydrogen-bond acceptors (Lipinski definition) is 3. The number of unbranched alkanes of at least 4 members (excludes halogenated alkanes) is 36. The minimum absolute atomic E-state index is 0.181.